The Morgan fingerprint density at radius 2 is 1.93 bits per heavy atom. The molecule has 1 fully saturated rings. The van der Waals surface area contributed by atoms with Crippen molar-refractivity contribution in [3.8, 4) is 11.5 Å². The van der Waals surface area contributed by atoms with Crippen molar-refractivity contribution in [1.82, 2.24) is 14.9 Å². The molecule has 6 nitrogen and oxygen atoms in total. The third kappa shape index (κ3) is 3.43. The van der Waals surface area contributed by atoms with Gasteiger partial charge in [-0.05, 0) is 49.6 Å². The van der Waals surface area contributed by atoms with Crippen LogP contribution in [0.25, 0.3) is 11.0 Å². The first-order valence-corrected chi connectivity index (χ1v) is 10.3. The van der Waals surface area contributed by atoms with E-state index in [4.69, 9.17) is 14.5 Å². The van der Waals surface area contributed by atoms with Gasteiger partial charge in [-0.1, -0.05) is 18.6 Å². The Morgan fingerprint density at radius 1 is 1.10 bits per heavy atom. The van der Waals surface area contributed by atoms with Crippen molar-refractivity contribution >= 4 is 16.9 Å². The summed E-state index contributed by atoms with van der Waals surface area (Å²) in [5.74, 6) is 2.76. The quantitative estimate of drug-likeness (QED) is 0.738. The molecule has 0 unspecified atom stereocenters. The number of aromatic nitrogens is 2. The molecule has 150 valence electrons. The maximum Gasteiger partial charge on any atom is 0.251 e. The van der Waals surface area contributed by atoms with Crippen LogP contribution in [-0.2, 0) is 7.05 Å². The minimum Gasteiger partial charge on any atom is -0.486 e. The first kappa shape index (κ1) is 18.0. The van der Waals surface area contributed by atoms with Crippen LogP contribution in [0.15, 0.2) is 42.5 Å². The van der Waals surface area contributed by atoms with Crippen molar-refractivity contribution < 1.29 is 14.3 Å². The maximum atomic E-state index is 12.8. The molecule has 1 N–H and O–H groups in total. The number of aryl methyl sites for hydroxylation is 1. The summed E-state index contributed by atoms with van der Waals surface area (Å²) in [6.07, 6.45) is 4.09. The molecule has 0 saturated heterocycles. The van der Waals surface area contributed by atoms with E-state index >= 15 is 0 Å². The van der Waals surface area contributed by atoms with E-state index < -0.39 is 0 Å². The highest BCUT2D eigenvalue weighted by atomic mass is 16.6. The number of imidazole rings is 1. The molecular weight excluding hydrogens is 366 g/mol. The zero-order valence-corrected chi connectivity index (χ0v) is 16.6. The lowest BCUT2D eigenvalue weighted by molar-refractivity contribution is 0.0923. The number of ether oxygens (including phenoxy) is 2. The van der Waals surface area contributed by atoms with Gasteiger partial charge in [0, 0.05) is 24.6 Å². The molecule has 1 aliphatic heterocycles. The summed E-state index contributed by atoms with van der Waals surface area (Å²) < 4.78 is 13.3. The molecule has 1 aromatic heterocycles. The Labute approximate surface area is 169 Å². The van der Waals surface area contributed by atoms with Gasteiger partial charge in [-0.25, -0.2) is 4.98 Å². The van der Waals surface area contributed by atoms with Gasteiger partial charge in [-0.2, -0.15) is 0 Å². The van der Waals surface area contributed by atoms with Crippen LogP contribution in [0.3, 0.4) is 0 Å². The van der Waals surface area contributed by atoms with Crippen LogP contribution < -0.4 is 14.8 Å². The average molecular weight is 391 g/mol. The van der Waals surface area contributed by atoms with Crippen molar-refractivity contribution in [1.29, 1.82) is 0 Å². The van der Waals surface area contributed by atoms with Gasteiger partial charge in [0.1, 0.15) is 19.0 Å². The van der Waals surface area contributed by atoms with Crippen LogP contribution in [0.1, 0.15) is 47.8 Å². The Balaban J connectivity index is 1.30. The summed E-state index contributed by atoms with van der Waals surface area (Å²) in [7, 11) is 2.09. The second-order valence-electron chi connectivity index (χ2n) is 7.91. The number of benzene rings is 2. The third-order valence-electron chi connectivity index (χ3n) is 6.00. The molecule has 0 radical (unpaired) electrons. The molecule has 5 rings (SSSR count). The zero-order chi connectivity index (χ0) is 19.8. The Kier molecular flexibility index (Phi) is 4.62. The van der Waals surface area contributed by atoms with Crippen LogP contribution in [-0.4, -0.2) is 34.7 Å². The smallest absolute Gasteiger partial charge is 0.251 e. The minimum absolute atomic E-state index is 0.0578. The number of fused-ring (bicyclic) bond motifs is 2. The van der Waals surface area contributed by atoms with Crippen molar-refractivity contribution in [2.45, 2.75) is 37.6 Å². The van der Waals surface area contributed by atoms with Gasteiger partial charge in [0.25, 0.3) is 5.91 Å². The number of hydrogen-bond donors (Lipinski definition) is 1. The number of amides is 1. The summed E-state index contributed by atoms with van der Waals surface area (Å²) in [5.41, 5.74) is 2.80. The molecule has 1 saturated carbocycles. The van der Waals surface area contributed by atoms with Crippen molar-refractivity contribution in [2.24, 2.45) is 7.05 Å². The summed E-state index contributed by atoms with van der Waals surface area (Å²) in [4.78, 5) is 17.7. The van der Waals surface area contributed by atoms with Crippen molar-refractivity contribution in [2.75, 3.05) is 13.2 Å². The molecule has 29 heavy (non-hydrogen) atoms. The number of para-hydroxylation sites is 2. The fraction of sp³-hybridized carbons (Fsp3) is 0.391. The van der Waals surface area contributed by atoms with E-state index in [-0.39, 0.29) is 11.9 Å². The van der Waals surface area contributed by atoms with E-state index in [0.29, 0.717) is 36.2 Å². The van der Waals surface area contributed by atoms with Crippen LogP contribution >= 0.6 is 0 Å². The third-order valence-corrected chi connectivity index (χ3v) is 6.00. The van der Waals surface area contributed by atoms with Gasteiger partial charge in [-0.15, -0.1) is 0 Å². The van der Waals surface area contributed by atoms with Gasteiger partial charge in [0.05, 0.1) is 11.0 Å². The molecule has 2 atom stereocenters. The number of nitrogens with zero attached hydrogens (tertiary/aromatic N) is 2. The molecule has 2 heterocycles. The highest BCUT2D eigenvalue weighted by molar-refractivity contribution is 5.95. The zero-order valence-electron chi connectivity index (χ0n) is 16.6. The summed E-state index contributed by atoms with van der Waals surface area (Å²) in [6, 6.07) is 13.8. The van der Waals surface area contributed by atoms with Gasteiger partial charge in [-0.3, -0.25) is 4.79 Å². The van der Waals surface area contributed by atoms with Crippen molar-refractivity contribution in [3.63, 3.8) is 0 Å². The van der Waals surface area contributed by atoms with Crippen LogP contribution in [0.2, 0.25) is 0 Å². The second-order valence-corrected chi connectivity index (χ2v) is 7.91. The summed E-state index contributed by atoms with van der Waals surface area (Å²) in [6.45, 7) is 1.06. The number of carbonyl (C=O) groups excluding carboxylic acids is 1. The number of carbonyl (C=O) groups is 1. The lowest BCUT2D eigenvalue weighted by atomic mass is 9.85. The van der Waals surface area contributed by atoms with E-state index in [9.17, 15) is 4.79 Å². The van der Waals surface area contributed by atoms with E-state index in [1.807, 2.05) is 18.2 Å². The first-order valence-electron chi connectivity index (χ1n) is 10.3. The fourth-order valence-corrected chi connectivity index (χ4v) is 4.54. The van der Waals surface area contributed by atoms with Gasteiger partial charge in [0.2, 0.25) is 0 Å². The van der Waals surface area contributed by atoms with Crippen LogP contribution in [0, 0.1) is 0 Å². The van der Waals surface area contributed by atoms with E-state index in [2.05, 4.69) is 29.1 Å². The van der Waals surface area contributed by atoms with Gasteiger partial charge < -0.3 is 19.4 Å². The summed E-state index contributed by atoms with van der Waals surface area (Å²) >= 11 is 0. The Morgan fingerprint density at radius 3 is 2.79 bits per heavy atom. The van der Waals surface area contributed by atoms with Crippen molar-refractivity contribution in [3.05, 3.63) is 53.9 Å². The van der Waals surface area contributed by atoms with E-state index in [1.165, 1.54) is 0 Å². The summed E-state index contributed by atoms with van der Waals surface area (Å²) in [5, 5.41) is 3.22. The van der Waals surface area contributed by atoms with Crippen LogP contribution in [0.5, 0.6) is 11.5 Å². The maximum absolute atomic E-state index is 12.8. The molecule has 0 bridgehead atoms. The molecule has 2 aliphatic rings. The molecule has 1 amide bonds. The largest absolute Gasteiger partial charge is 0.486 e. The number of rotatable bonds is 3. The van der Waals surface area contributed by atoms with Crippen LogP contribution in [0.4, 0.5) is 0 Å². The first-order chi connectivity index (χ1) is 14.2. The molecule has 0 spiro atoms. The Hall–Kier alpha value is -3.02. The number of nitrogens with one attached hydrogen (secondary N) is 1. The van der Waals surface area contributed by atoms with E-state index in [1.54, 1.807) is 12.1 Å². The average Bonchev–Trinajstić information content (AvgIpc) is 3.10. The molecular formula is C23H25N3O3. The topological polar surface area (TPSA) is 65.4 Å². The highest BCUT2D eigenvalue weighted by Gasteiger charge is 2.28. The van der Waals surface area contributed by atoms with E-state index in [0.717, 1.165) is 42.5 Å². The molecule has 3 aromatic rings. The number of hydrogen-bond acceptors (Lipinski definition) is 4. The molecule has 6 heteroatoms. The van der Waals surface area contributed by atoms with Gasteiger partial charge >= 0.3 is 0 Å². The minimum atomic E-state index is -0.0578. The predicted molar refractivity (Wildman–Crippen MR) is 111 cm³/mol. The van der Waals surface area contributed by atoms with Gasteiger partial charge in [0.15, 0.2) is 11.5 Å². The lowest BCUT2D eigenvalue weighted by Crippen LogP contribution is -2.38. The standard InChI is InChI=1S/C23H25N3O3/c1-26-19-8-3-2-7-18(19)25-22(26)15-5-4-6-17(13-15)24-23(27)16-9-10-20-21(14-16)29-12-11-28-20/h2-3,7-10,14-15,17H,4-6,11-13H2,1H3,(H,24,27)/t15-,17-/m1/s1. The predicted octanol–water partition coefficient (Wildman–Crippen LogP) is 3.80. The fourth-order valence-electron chi connectivity index (χ4n) is 4.54. The SMILES string of the molecule is Cn1c([C@@H]2CCC[C@@H](NC(=O)c3ccc4c(c3)OCCO4)C2)nc2ccccc21. The Bertz CT molecular complexity index is 1060. The molecule has 1 aliphatic carbocycles. The molecule has 2 aromatic carbocycles. The lowest BCUT2D eigenvalue weighted by Gasteiger charge is -2.29. The highest BCUT2D eigenvalue weighted by Crippen LogP contribution is 2.34. The normalized spacial score (nSPS) is 21.1. The second kappa shape index (κ2) is 7.43. The monoisotopic (exact) mass is 391 g/mol.